The van der Waals surface area contributed by atoms with Crippen molar-refractivity contribution in [2.45, 2.75) is 47.1 Å². The summed E-state index contributed by atoms with van der Waals surface area (Å²) in [6.45, 7) is 9.68. The maximum absolute atomic E-state index is 11.7. The highest BCUT2D eigenvalue weighted by atomic mass is 35.5. The lowest BCUT2D eigenvalue weighted by molar-refractivity contribution is 0.0964. The number of hydrogen-bond donors (Lipinski definition) is 1. The molecule has 0 saturated carbocycles. The van der Waals surface area contributed by atoms with Crippen LogP contribution in [-0.2, 0) is 4.74 Å². The zero-order valence-corrected chi connectivity index (χ0v) is 16.8. The third-order valence-corrected chi connectivity index (χ3v) is 4.41. The highest BCUT2D eigenvalue weighted by molar-refractivity contribution is 6.30. The molecule has 0 bridgehead atoms. The molecule has 1 N–H and O–H groups in total. The molecule has 140 valence electrons. The van der Waals surface area contributed by atoms with Crippen LogP contribution in [0.25, 0.3) is 0 Å². The van der Waals surface area contributed by atoms with Crippen molar-refractivity contribution in [3.05, 3.63) is 51.2 Å². The van der Waals surface area contributed by atoms with Crippen LogP contribution in [0.5, 0.6) is 11.6 Å². The number of amides is 1. The number of carbonyl (C=O) groups excluding carboxylic acids is 1. The van der Waals surface area contributed by atoms with Gasteiger partial charge in [-0.1, -0.05) is 18.5 Å². The zero-order chi connectivity index (χ0) is 19.4. The van der Waals surface area contributed by atoms with E-state index < -0.39 is 6.09 Å². The van der Waals surface area contributed by atoms with Crippen LogP contribution in [-0.4, -0.2) is 18.1 Å². The number of carbonyl (C=O) groups is 1. The van der Waals surface area contributed by atoms with Gasteiger partial charge in [0, 0.05) is 28.9 Å². The fraction of sp³-hybridized carbons (Fsp3) is 0.400. The van der Waals surface area contributed by atoms with Gasteiger partial charge < -0.3 is 14.8 Å². The maximum atomic E-state index is 11.7. The molecule has 0 aliphatic carbocycles. The summed E-state index contributed by atoms with van der Waals surface area (Å²) in [6.07, 6.45) is -0.181. The first-order valence-corrected chi connectivity index (χ1v) is 8.95. The molecule has 1 aromatic heterocycles. The van der Waals surface area contributed by atoms with Crippen molar-refractivity contribution in [2.75, 3.05) is 7.05 Å². The lowest BCUT2D eigenvalue weighted by Crippen LogP contribution is -2.22. The molecule has 0 saturated heterocycles. The van der Waals surface area contributed by atoms with E-state index in [1.165, 1.54) is 0 Å². The van der Waals surface area contributed by atoms with E-state index in [0.29, 0.717) is 17.3 Å². The lowest BCUT2D eigenvalue weighted by Gasteiger charge is -2.21. The van der Waals surface area contributed by atoms with Gasteiger partial charge in [0.1, 0.15) is 11.9 Å². The molecular formula is C20H25ClN2O3. The summed E-state index contributed by atoms with van der Waals surface area (Å²) in [6, 6.07) is 5.65. The smallest absolute Gasteiger partial charge is 0.407 e. The number of aromatic nitrogens is 1. The Labute approximate surface area is 159 Å². The molecule has 1 aromatic carbocycles. The molecule has 0 spiro atoms. The third kappa shape index (κ3) is 4.47. The van der Waals surface area contributed by atoms with Gasteiger partial charge in [-0.05, 0) is 63.4 Å². The number of ether oxygens (including phenoxy) is 2. The molecule has 2 aromatic rings. The second-order valence-electron chi connectivity index (χ2n) is 6.31. The van der Waals surface area contributed by atoms with Gasteiger partial charge in [0.2, 0.25) is 5.88 Å². The number of halogens is 1. The highest BCUT2D eigenvalue weighted by Crippen LogP contribution is 2.35. The normalized spacial score (nSPS) is 11.8. The van der Waals surface area contributed by atoms with Crippen LogP contribution in [0.1, 0.15) is 47.4 Å². The molecule has 1 heterocycles. The monoisotopic (exact) mass is 376 g/mol. The molecule has 26 heavy (non-hydrogen) atoms. The first kappa shape index (κ1) is 20.0. The van der Waals surface area contributed by atoms with Crippen LogP contribution in [0.2, 0.25) is 5.02 Å². The first-order chi connectivity index (χ1) is 12.3. The van der Waals surface area contributed by atoms with Crippen LogP contribution in [0.4, 0.5) is 4.79 Å². The molecule has 0 radical (unpaired) electrons. The van der Waals surface area contributed by atoms with Crippen LogP contribution in [0.3, 0.4) is 0 Å². The third-order valence-electron chi connectivity index (χ3n) is 4.19. The van der Waals surface area contributed by atoms with Gasteiger partial charge >= 0.3 is 6.09 Å². The quantitative estimate of drug-likeness (QED) is 0.741. The summed E-state index contributed by atoms with van der Waals surface area (Å²) < 4.78 is 11.6. The van der Waals surface area contributed by atoms with Gasteiger partial charge in [-0.15, -0.1) is 0 Å². The summed E-state index contributed by atoms with van der Waals surface area (Å²) in [4.78, 5) is 16.2. The van der Waals surface area contributed by atoms with E-state index >= 15 is 0 Å². The highest BCUT2D eigenvalue weighted by Gasteiger charge is 2.21. The number of hydrogen-bond acceptors (Lipinski definition) is 4. The molecule has 6 heteroatoms. The molecule has 0 aliphatic rings. The van der Waals surface area contributed by atoms with E-state index in [9.17, 15) is 4.79 Å². The summed E-state index contributed by atoms with van der Waals surface area (Å²) in [5, 5.41) is 3.16. The second-order valence-corrected chi connectivity index (χ2v) is 6.74. The summed E-state index contributed by atoms with van der Waals surface area (Å²) in [5.41, 5.74) is 4.41. The van der Waals surface area contributed by atoms with E-state index in [1.807, 2.05) is 52.8 Å². The van der Waals surface area contributed by atoms with Gasteiger partial charge in [0.05, 0.1) is 0 Å². The molecule has 5 nitrogen and oxygen atoms in total. The summed E-state index contributed by atoms with van der Waals surface area (Å²) in [5.74, 6) is 1.24. The molecule has 0 aliphatic heterocycles. The second kappa shape index (κ2) is 8.41. The summed E-state index contributed by atoms with van der Waals surface area (Å²) in [7, 11) is 1.54. The Kier molecular flexibility index (Phi) is 6.48. The van der Waals surface area contributed by atoms with E-state index in [2.05, 4.69) is 10.3 Å². The van der Waals surface area contributed by atoms with Gasteiger partial charge in [0.25, 0.3) is 0 Å². The van der Waals surface area contributed by atoms with Crippen molar-refractivity contribution in [3.8, 4) is 11.6 Å². The number of nitrogens with one attached hydrogen (secondary N) is 1. The minimum Gasteiger partial charge on any atom is -0.441 e. The Morgan fingerprint density at radius 1 is 1.19 bits per heavy atom. The Bertz CT molecular complexity index is 798. The van der Waals surface area contributed by atoms with Crippen molar-refractivity contribution in [1.82, 2.24) is 10.3 Å². The van der Waals surface area contributed by atoms with Crippen LogP contribution in [0, 0.1) is 27.7 Å². The summed E-state index contributed by atoms with van der Waals surface area (Å²) >= 11 is 6.10. The number of rotatable bonds is 5. The predicted molar refractivity (Wildman–Crippen MR) is 103 cm³/mol. The molecule has 1 atom stereocenters. The maximum Gasteiger partial charge on any atom is 0.407 e. The predicted octanol–water partition coefficient (Wildman–Crippen LogP) is 5.57. The average molecular weight is 377 g/mol. The molecular weight excluding hydrogens is 352 g/mol. The molecule has 0 fully saturated rings. The SMILES string of the molecule is CCC(OC(=O)NC)c1cc(C)nc(Oc2c(C)cc(Cl)cc2C)c1C. The van der Waals surface area contributed by atoms with Crippen molar-refractivity contribution in [3.63, 3.8) is 0 Å². The van der Waals surface area contributed by atoms with Crippen molar-refractivity contribution >= 4 is 17.7 Å². The van der Waals surface area contributed by atoms with Gasteiger partial charge in [-0.3, -0.25) is 0 Å². The number of pyridine rings is 1. The van der Waals surface area contributed by atoms with Gasteiger partial charge in [-0.2, -0.15) is 0 Å². The molecule has 1 unspecified atom stereocenters. The number of aryl methyl sites for hydroxylation is 3. The molecule has 2 rings (SSSR count). The zero-order valence-electron chi connectivity index (χ0n) is 16.1. The van der Waals surface area contributed by atoms with Crippen molar-refractivity contribution in [2.24, 2.45) is 0 Å². The molecule has 1 amide bonds. The Morgan fingerprint density at radius 2 is 1.81 bits per heavy atom. The van der Waals surface area contributed by atoms with Crippen LogP contribution >= 0.6 is 11.6 Å². The van der Waals surface area contributed by atoms with Gasteiger partial charge in [0.15, 0.2) is 0 Å². The largest absolute Gasteiger partial charge is 0.441 e. The Balaban J connectivity index is 2.45. The van der Waals surface area contributed by atoms with Crippen molar-refractivity contribution in [1.29, 1.82) is 0 Å². The van der Waals surface area contributed by atoms with Gasteiger partial charge in [-0.25, -0.2) is 9.78 Å². The topological polar surface area (TPSA) is 60.5 Å². The van der Waals surface area contributed by atoms with Crippen LogP contribution in [0.15, 0.2) is 18.2 Å². The first-order valence-electron chi connectivity index (χ1n) is 8.57. The Hall–Kier alpha value is -2.27. The van der Waals surface area contributed by atoms with E-state index in [-0.39, 0.29) is 6.10 Å². The number of alkyl carbamates (subject to hydrolysis) is 1. The van der Waals surface area contributed by atoms with Crippen LogP contribution < -0.4 is 10.1 Å². The number of nitrogens with zero attached hydrogens (tertiary/aromatic N) is 1. The Morgan fingerprint density at radius 3 is 2.35 bits per heavy atom. The fourth-order valence-corrected chi connectivity index (χ4v) is 3.20. The van der Waals surface area contributed by atoms with E-state index in [1.54, 1.807) is 7.05 Å². The lowest BCUT2D eigenvalue weighted by atomic mass is 10.0. The number of benzene rings is 1. The standard InChI is InChI=1S/C20H25ClN2O3/c1-7-17(25-20(24)22-6)16-10-13(4)23-19(14(16)5)26-18-11(2)8-15(21)9-12(18)3/h8-10,17H,7H2,1-6H3,(H,22,24). The van der Waals surface area contributed by atoms with Crippen molar-refractivity contribution < 1.29 is 14.3 Å². The average Bonchev–Trinajstić information content (AvgIpc) is 2.58. The van der Waals surface area contributed by atoms with E-state index in [0.717, 1.165) is 33.7 Å². The van der Waals surface area contributed by atoms with E-state index in [4.69, 9.17) is 21.1 Å². The fourth-order valence-electron chi connectivity index (χ4n) is 2.88. The minimum atomic E-state index is -0.461. The minimum absolute atomic E-state index is 0.369.